The van der Waals surface area contributed by atoms with Crippen LogP contribution in [-0.2, 0) is 5.48 Å². The molecule has 0 unspecified atom stereocenters. The zero-order chi connectivity index (χ0) is 16.4. The van der Waals surface area contributed by atoms with E-state index in [1.54, 1.807) is 0 Å². The Labute approximate surface area is 153 Å². The van der Waals surface area contributed by atoms with Gasteiger partial charge in [-0.15, -0.1) is 0 Å². The van der Waals surface area contributed by atoms with E-state index >= 15 is 0 Å². The van der Waals surface area contributed by atoms with Crippen LogP contribution in [0.15, 0.2) is 96.1 Å². The van der Waals surface area contributed by atoms with E-state index < -0.39 is 0 Å². The molecule has 6 rings (SSSR count). The van der Waals surface area contributed by atoms with Crippen LogP contribution < -0.4 is 0 Å². The van der Waals surface area contributed by atoms with E-state index in [4.69, 9.17) is 0 Å². The van der Waals surface area contributed by atoms with Crippen molar-refractivity contribution in [3.8, 4) is 0 Å². The summed E-state index contributed by atoms with van der Waals surface area (Å²) in [4.78, 5) is 0. The number of benzene rings is 2. The van der Waals surface area contributed by atoms with Gasteiger partial charge in [-0.05, 0) is 56.7 Å². The van der Waals surface area contributed by atoms with Gasteiger partial charge in [0.25, 0.3) is 0 Å². The number of allylic oxidation sites excluding steroid dienone is 10. The molecule has 2 aromatic rings. The van der Waals surface area contributed by atoms with Gasteiger partial charge in [0.05, 0.1) is 5.41 Å². The average Bonchev–Trinajstić information content (AvgIpc) is 3.23. The third-order valence-corrected chi connectivity index (χ3v) is 5.82. The highest BCUT2D eigenvalue weighted by Gasteiger charge is 2.43. The lowest BCUT2D eigenvalue weighted by molar-refractivity contribution is 0.686. The summed E-state index contributed by atoms with van der Waals surface area (Å²) in [5.41, 5.74) is 10.7. The first-order valence-corrected chi connectivity index (χ1v) is 8.80. The van der Waals surface area contributed by atoms with E-state index in [2.05, 4.69) is 97.1 Å². The van der Waals surface area contributed by atoms with Crippen LogP contribution in [0.5, 0.6) is 0 Å². The Morgan fingerprint density at radius 1 is 0.577 bits per heavy atom. The number of hydrogen-bond acceptors (Lipinski definition) is 0. The monoisotopic (exact) mass is 332 g/mol. The quantitative estimate of drug-likeness (QED) is 0.570. The molecule has 0 atom stereocenters. The van der Waals surface area contributed by atoms with E-state index in [1.165, 1.54) is 44.5 Å². The van der Waals surface area contributed by atoms with Crippen molar-refractivity contribution >= 4 is 23.3 Å². The predicted molar refractivity (Wildman–Crippen MR) is 106 cm³/mol. The Kier molecular flexibility index (Phi) is 3.01. The van der Waals surface area contributed by atoms with Crippen LogP contribution in [0.1, 0.15) is 22.3 Å². The first-order valence-electron chi connectivity index (χ1n) is 8.80. The SMILES string of the molecule is C1=CC2(C=CC=C3C2=Cc2ccccc23)C2=Cc3ccccc3C2=C1.[O]. The maximum atomic E-state index is 2.38. The molecule has 0 aliphatic heterocycles. The fourth-order valence-electron chi connectivity index (χ4n) is 4.69. The molecule has 122 valence electrons. The molecule has 0 heterocycles. The van der Waals surface area contributed by atoms with Gasteiger partial charge in [-0.1, -0.05) is 85.0 Å². The molecule has 26 heavy (non-hydrogen) atoms. The number of fused-ring (bicyclic) bond motifs is 8. The summed E-state index contributed by atoms with van der Waals surface area (Å²) >= 11 is 0. The maximum absolute atomic E-state index is 2.38. The molecule has 2 aromatic carbocycles. The topological polar surface area (TPSA) is 28.5 Å². The first kappa shape index (κ1) is 15.1. The van der Waals surface area contributed by atoms with E-state index in [0.717, 1.165) is 0 Å². The molecule has 0 bridgehead atoms. The zero-order valence-electron chi connectivity index (χ0n) is 14.1. The van der Waals surface area contributed by atoms with Crippen molar-refractivity contribution in [3.05, 3.63) is 118 Å². The Hall–Kier alpha value is -3.16. The minimum atomic E-state index is -0.161. The lowest BCUT2D eigenvalue weighted by atomic mass is 9.65. The molecule has 1 nitrogen and oxygen atoms in total. The van der Waals surface area contributed by atoms with Crippen molar-refractivity contribution in [2.45, 2.75) is 0 Å². The van der Waals surface area contributed by atoms with Crippen LogP contribution in [0, 0.1) is 5.41 Å². The predicted octanol–water partition coefficient (Wildman–Crippen LogP) is 5.95. The standard InChI is InChI=1S/C25H16.O/c1-3-9-19-17(7-1)15-23-21(19)11-5-13-25(23)14-6-12-22-20-10-4-2-8-18(20)16-24(22)25;/h1-16H;. The van der Waals surface area contributed by atoms with E-state index in [1.807, 2.05) is 0 Å². The summed E-state index contributed by atoms with van der Waals surface area (Å²) in [6.07, 6.45) is 18.4. The highest BCUT2D eigenvalue weighted by Crippen LogP contribution is 2.58. The van der Waals surface area contributed by atoms with Crippen molar-refractivity contribution in [3.63, 3.8) is 0 Å². The second kappa shape index (κ2) is 5.17. The van der Waals surface area contributed by atoms with E-state index in [-0.39, 0.29) is 10.9 Å². The number of hydrogen-bond donors (Lipinski definition) is 0. The summed E-state index contributed by atoms with van der Waals surface area (Å²) in [6, 6.07) is 17.4. The molecule has 0 saturated heterocycles. The number of rotatable bonds is 0. The van der Waals surface area contributed by atoms with Crippen molar-refractivity contribution in [1.82, 2.24) is 0 Å². The highest BCUT2D eigenvalue weighted by atomic mass is 16.0. The molecule has 0 aromatic heterocycles. The van der Waals surface area contributed by atoms with Gasteiger partial charge in [0.15, 0.2) is 0 Å². The van der Waals surface area contributed by atoms with Crippen LogP contribution in [0.3, 0.4) is 0 Å². The van der Waals surface area contributed by atoms with Crippen molar-refractivity contribution in [2.75, 3.05) is 0 Å². The van der Waals surface area contributed by atoms with Gasteiger partial charge >= 0.3 is 0 Å². The zero-order valence-corrected chi connectivity index (χ0v) is 14.1. The van der Waals surface area contributed by atoms with Gasteiger partial charge in [-0.2, -0.15) is 0 Å². The summed E-state index contributed by atoms with van der Waals surface area (Å²) in [6.45, 7) is 0. The van der Waals surface area contributed by atoms with Crippen LogP contribution in [0.4, 0.5) is 0 Å². The largest absolute Gasteiger partial charge is 0.0657 e. The minimum absolute atomic E-state index is 0. The Morgan fingerprint density at radius 3 is 1.54 bits per heavy atom. The van der Waals surface area contributed by atoms with E-state index in [0.29, 0.717) is 0 Å². The lowest BCUT2D eigenvalue weighted by Gasteiger charge is -2.36. The van der Waals surface area contributed by atoms with Gasteiger partial charge in [-0.3, -0.25) is 0 Å². The maximum Gasteiger partial charge on any atom is 0.0581 e. The molecule has 0 amide bonds. The third kappa shape index (κ3) is 1.73. The Bertz CT molecular complexity index is 1040. The molecule has 1 heteroatoms. The van der Waals surface area contributed by atoms with Gasteiger partial charge < -0.3 is 0 Å². The van der Waals surface area contributed by atoms with Gasteiger partial charge in [0.1, 0.15) is 0 Å². The van der Waals surface area contributed by atoms with Crippen molar-refractivity contribution in [2.24, 2.45) is 5.41 Å². The van der Waals surface area contributed by atoms with E-state index in [9.17, 15) is 0 Å². The second-order valence-corrected chi connectivity index (χ2v) is 7.04. The summed E-state index contributed by atoms with van der Waals surface area (Å²) in [5, 5.41) is 0. The molecule has 1 spiro atoms. The van der Waals surface area contributed by atoms with Gasteiger partial charge in [0, 0.05) is 5.48 Å². The Balaban J connectivity index is 0.00000150. The fraction of sp³-hybridized carbons (Fsp3) is 0.0400. The Morgan fingerprint density at radius 2 is 1.04 bits per heavy atom. The summed E-state index contributed by atoms with van der Waals surface area (Å²) in [5.74, 6) is 0. The third-order valence-electron chi connectivity index (χ3n) is 5.82. The van der Waals surface area contributed by atoms with Crippen LogP contribution in [0.2, 0.25) is 0 Å². The molecule has 0 fully saturated rings. The van der Waals surface area contributed by atoms with Crippen LogP contribution in [0.25, 0.3) is 23.3 Å². The molecule has 4 aliphatic rings. The molecule has 0 saturated carbocycles. The molecular weight excluding hydrogens is 316 g/mol. The molecule has 2 radical (unpaired) electrons. The smallest absolute Gasteiger partial charge is 0.0581 e. The molecular formula is C25H16O. The van der Waals surface area contributed by atoms with Gasteiger partial charge in [0.2, 0.25) is 0 Å². The first-order chi connectivity index (χ1) is 12.4. The fourth-order valence-corrected chi connectivity index (χ4v) is 4.69. The highest BCUT2D eigenvalue weighted by molar-refractivity contribution is 6.05. The van der Waals surface area contributed by atoms with Crippen LogP contribution in [-0.4, -0.2) is 0 Å². The van der Waals surface area contributed by atoms with Crippen molar-refractivity contribution < 1.29 is 5.48 Å². The molecule has 0 N–H and O–H groups in total. The summed E-state index contributed by atoms with van der Waals surface area (Å²) in [7, 11) is 0. The van der Waals surface area contributed by atoms with Crippen molar-refractivity contribution in [1.29, 1.82) is 0 Å². The normalized spacial score (nSPS) is 19.4. The van der Waals surface area contributed by atoms with Crippen LogP contribution >= 0.6 is 0 Å². The van der Waals surface area contributed by atoms with Gasteiger partial charge in [-0.25, -0.2) is 0 Å². The second-order valence-electron chi connectivity index (χ2n) is 7.04. The molecule has 4 aliphatic carbocycles. The lowest BCUT2D eigenvalue weighted by Crippen LogP contribution is -2.24. The average molecular weight is 332 g/mol. The summed E-state index contributed by atoms with van der Waals surface area (Å²) < 4.78 is 0. The minimum Gasteiger partial charge on any atom is -0.0657 e.